The number of methoxy groups -OCH3 is 2. The van der Waals surface area contributed by atoms with Crippen molar-refractivity contribution in [1.82, 2.24) is 19.4 Å². The van der Waals surface area contributed by atoms with Crippen molar-refractivity contribution in [2.75, 3.05) is 14.2 Å². The smallest absolute Gasteiger partial charge is 0.340 e. The SMILES string of the molecule is COC(=O)c1cn(CC(=O)N[C@H](c2ccc(OC)cc2)c2nccn2C)c2ccccc12. The molecule has 2 heterocycles. The number of aromatic nitrogens is 3. The van der Waals surface area contributed by atoms with Gasteiger partial charge < -0.3 is 23.9 Å². The van der Waals surface area contributed by atoms with Gasteiger partial charge in [-0.3, -0.25) is 4.79 Å². The summed E-state index contributed by atoms with van der Waals surface area (Å²) in [5.41, 5.74) is 2.08. The lowest BCUT2D eigenvalue weighted by atomic mass is 10.1. The van der Waals surface area contributed by atoms with Crippen LogP contribution in [0.25, 0.3) is 10.9 Å². The zero-order chi connectivity index (χ0) is 22.7. The van der Waals surface area contributed by atoms with Crippen LogP contribution in [0.3, 0.4) is 0 Å². The van der Waals surface area contributed by atoms with Crippen LogP contribution in [0.5, 0.6) is 5.75 Å². The third kappa shape index (κ3) is 4.07. The molecule has 1 amide bonds. The van der Waals surface area contributed by atoms with E-state index >= 15 is 0 Å². The van der Waals surface area contributed by atoms with E-state index in [0.717, 1.165) is 22.2 Å². The summed E-state index contributed by atoms with van der Waals surface area (Å²) in [6, 6.07) is 14.5. The second-order valence-corrected chi connectivity index (χ2v) is 7.35. The molecule has 0 aliphatic carbocycles. The van der Waals surface area contributed by atoms with Crippen molar-refractivity contribution in [2.24, 2.45) is 7.05 Å². The van der Waals surface area contributed by atoms with Crippen molar-refractivity contribution in [3.8, 4) is 5.75 Å². The van der Waals surface area contributed by atoms with Crippen molar-refractivity contribution in [3.05, 3.63) is 84.1 Å². The van der Waals surface area contributed by atoms with E-state index < -0.39 is 12.0 Å². The molecular weight excluding hydrogens is 408 g/mol. The lowest BCUT2D eigenvalue weighted by Gasteiger charge is -2.20. The van der Waals surface area contributed by atoms with Gasteiger partial charge in [0.25, 0.3) is 0 Å². The Hall–Kier alpha value is -4.07. The Kier molecular flexibility index (Phi) is 5.93. The van der Waals surface area contributed by atoms with E-state index in [1.165, 1.54) is 7.11 Å². The summed E-state index contributed by atoms with van der Waals surface area (Å²) >= 11 is 0. The highest BCUT2D eigenvalue weighted by atomic mass is 16.5. The number of aryl methyl sites for hydroxylation is 1. The summed E-state index contributed by atoms with van der Waals surface area (Å²) in [5, 5.41) is 3.82. The van der Waals surface area contributed by atoms with Crippen LogP contribution in [0.4, 0.5) is 0 Å². The number of ether oxygens (including phenoxy) is 2. The molecule has 0 bridgehead atoms. The van der Waals surface area contributed by atoms with Gasteiger partial charge in [0.05, 0.1) is 19.8 Å². The maximum Gasteiger partial charge on any atom is 0.340 e. The van der Waals surface area contributed by atoms with Crippen LogP contribution in [0, 0.1) is 0 Å². The van der Waals surface area contributed by atoms with Crippen LogP contribution in [0.15, 0.2) is 67.1 Å². The summed E-state index contributed by atoms with van der Waals surface area (Å²) in [7, 11) is 4.83. The van der Waals surface area contributed by atoms with Gasteiger partial charge in [-0.1, -0.05) is 30.3 Å². The molecule has 0 saturated heterocycles. The van der Waals surface area contributed by atoms with Crippen LogP contribution >= 0.6 is 0 Å². The third-order valence-corrected chi connectivity index (χ3v) is 5.38. The van der Waals surface area contributed by atoms with E-state index in [0.29, 0.717) is 11.4 Å². The second kappa shape index (κ2) is 8.97. The summed E-state index contributed by atoms with van der Waals surface area (Å²) in [4.78, 5) is 29.7. The molecule has 0 fully saturated rings. The van der Waals surface area contributed by atoms with Gasteiger partial charge in [-0.05, 0) is 23.8 Å². The minimum absolute atomic E-state index is 0.0363. The number of carbonyl (C=O) groups excluding carboxylic acids is 2. The average Bonchev–Trinajstić information content (AvgIpc) is 3.41. The average molecular weight is 432 g/mol. The maximum absolute atomic E-state index is 13.1. The molecule has 0 radical (unpaired) electrons. The number of hydrogen-bond donors (Lipinski definition) is 1. The fraction of sp³-hybridized carbons (Fsp3) is 0.208. The van der Waals surface area contributed by atoms with E-state index in [-0.39, 0.29) is 12.5 Å². The molecule has 164 valence electrons. The van der Waals surface area contributed by atoms with Crippen molar-refractivity contribution in [1.29, 1.82) is 0 Å². The highest BCUT2D eigenvalue weighted by molar-refractivity contribution is 6.04. The Morgan fingerprint density at radius 3 is 2.50 bits per heavy atom. The Morgan fingerprint density at radius 1 is 1.09 bits per heavy atom. The van der Waals surface area contributed by atoms with Crippen LogP contribution in [-0.2, 0) is 23.1 Å². The van der Waals surface area contributed by atoms with E-state index in [4.69, 9.17) is 9.47 Å². The van der Waals surface area contributed by atoms with Gasteiger partial charge in [-0.2, -0.15) is 0 Å². The number of nitrogens with zero attached hydrogens (tertiary/aromatic N) is 3. The van der Waals surface area contributed by atoms with Crippen molar-refractivity contribution in [3.63, 3.8) is 0 Å². The molecule has 0 aliphatic rings. The van der Waals surface area contributed by atoms with E-state index in [2.05, 4.69) is 10.3 Å². The molecule has 0 unspecified atom stereocenters. The largest absolute Gasteiger partial charge is 0.497 e. The highest BCUT2D eigenvalue weighted by Crippen LogP contribution is 2.24. The van der Waals surface area contributed by atoms with Crippen LogP contribution in [0.1, 0.15) is 27.8 Å². The molecule has 8 heteroatoms. The number of fused-ring (bicyclic) bond motifs is 1. The minimum Gasteiger partial charge on any atom is -0.497 e. The molecule has 1 N–H and O–H groups in total. The molecule has 0 aliphatic heterocycles. The Morgan fingerprint density at radius 2 is 1.84 bits per heavy atom. The minimum atomic E-state index is -0.449. The summed E-state index contributed by atoms with van der Waals surface area (Å²) in [6.07, 6.45) is 5.18. The van der Waals surface area contributed by atoms with Gasteiger partial charge in [0.2, 0.25) is 5.91 Å². The number of rotatable bonds is 7. The van der Waals surface area contributed by atoms with Crippen LogP contribution in [-0.4, -0.2) is 40.2 Å². The number of carbonyl (C=O) groups is 2. The van der Waals surface area contributed by atoms with Crippen molar-refractivity contribution < 1.29 is 19.1 Å². The first kappa shape index (κ1) is 21.2. The normalized spacial score (nSPS) is 11.8. The molecule has 4 rings (SSSR count). The maximum atomic E-state index is 13.1. The second-order valence-electron chi connectivity index (χ2n) is 7.35. The number of para-hydroxylation sites is 1. The van der Waals surface area contributed by atoms with Gasteiger partial charge in [-0.25, -0.2) is 9.78 Å². The lowest BCUT2D eigenvalue weighted by molar-refractivity contribution is -0.122. The first-order chi connectivity index (χ1) is 15.5. The Bertz CT molecular complexity index is 1260. The third-order valence-electron chi connectivity index (χ3n) is 5.38. The fourth-order valence-corrected chi connectivity index (χ4v) is 3.76. The Labute approximate surface area is 185 Å². The van der Waals surface area contributed by atoms with Gasteiger partial charge >= 0.3 is 5.97 Å². The highest BCUT2D eigenvalue weighted by Gasteiger charge is 2.22. The van der Waals surface area contributed by atoms with Gasteiger partial charge in [0, 0.05) is 36.5 Å². The fourth-order valence-electron chi connectivity index (χ4n) is 3.76. The molecule has 2 aromatic carbocycles. The number of amides is 1. The predicted molar refractivity (Wildman–Crippen MR) is 119 cm³/mol. The molecule has 0 saturated carbocycles. The summed E-state index contributed by atoms with van der Waals surface area (Å²) in [5.74, 6) is 0.777. The molecule has 8 nitrogen and oxygen atoms in total. The van der Waals surface area contributed by atoms with E-state index in [9.17, 15) is 9.59 Å². The van der Waals surface area contributed by atoms with Crippen LogP contribution in [0.2, 0.25) is 0 Å². The Balaban J connectivity index is 1.63. The molecule has 2 aromatic heterocycles. The van der Waals surface area contributed by atoms with E-state index in [1.54, 1.807) is 24.1 Å². The zero-order valence-corrected chi connectivity index (χ0v) is 18.1. The first-order valence-corrected chi connectivity index (χ1v) is 10.1. The van der Waals surface area contributed by atoms with E-state index in [1.807, 2.05) is 66.3 Å². The zero-order valence-electron chi connectivity index (χ0n) is 18.1. The predicted octanol–water partition coefficient (Wildman–Crippen LogP) is 3.08. The number of esters is 1. The molecule has 32 heavy (non-hydrogen) atoms. The molecule has 4 aromatic rings. The molecule has 0 spiro atoms. The van der Waals surface area contributed by atoms with Crippen molar-refractivity contribution >= 4 is 22.8 Å². The van der Waals surface area contributed by atoms with Crippen LogP contribution < -0.4 is 10.1 Å². The quantitative estimate of drug-likeness (QED) is 0.454. The number of hydrogen-bond acceptors (Lipinski definition) is 5. The van der Waals surface area contributed by atoms with Gasteiger partial charge in [0.15, 0.2) is 0 Å². The topological polar surface area (TPSA) is 87.4 Å². The van der Waals surface area contributed by atoms with Crippen molar-refractivity contribution in [2.45, 2.75) is 12.6 Å². The van der Waals surface area contributed by atoms with Gasteiger partial charge in [-0.15, -0.1) is 0 Å². The van der Waals surface area contributed by atoms with Gasteiger partial charge in [0.1, 0.15) is 24.2 Å². The number of nitrogens with one attached hydrogen (secondary N) is 1. The molecular formula is C24H24N4O4. The first-order valence-electron chi connectivity index (χ1n) is 10.1. The monoisotopic (exact) mass is 432 g/mol. The number of imidazole rings is 1. The number of benzene rings is 2. The molecule has 1 atom stereocenters. The lowest BCUT2D eigenvalue weighted by Crippen LogP contribution is -2.33. The summed E-state index contributed by atoms with van der Waals surface area (Å²) < 4.78 is 13.8. The summed E-state index contributed by atoms with van der Waals surface area (Å²) in [6.45, 7) is 0.0363. The standard InChI is InChI=1S/C24H24N4O4/c1-27-13-12-25-23(27)22(16-8-10-17(31-2)11-9-16)26-21(29)15-28-14-19(24(30)32-3)18-6-4-5-7-20(18)28/h4-14,22H,15H2,1-3H3,(H,26,29)/t22-/m1/s1.